The molecule has 1 aromatic carbocycles. The molecule has 1 fully saturated rings. The van der Waals surface area contributed by atoms with Gasteiger partial charge in [0.2, 0.25) is 12.4 Å². The predicted molar refractivity (Wildman–Crippen MR) is 126 cm³/mol. The van der Waals surface area contributed by atoms with Gasteiger partial charge in [0.1, 0.15) is 5.76 Å². The Morgan fingerprint density at radius 1 is 1.25 bits per heavy atom. The number of ether oxygens (including phenoxy) is 1. The second kappa shape index (κ2) is 11.2. The summed E-state index contributed by atoms with van der Waals surface area (Å²) >= 11 is 3.36. The zero-order chi connectivity index (χ0) is 23.1. The number of carbonyl (C=O) groups excluding carboxylic acids is 2. The lowest BCUT2D eigenvalue weighted by Gasteiger charge is -2.39. The van der Waals surface area contributed by atoms with Crippen molar-refractivity contribution in [2.24, 2.45) is 0 Å². The molecular weight excluding hydrogens is 474 g/mol. The van der Waals surface area contributed by atoms with E-state index in [4.69, 9.17) is 4.74 Å². The quantitative estimate of drug-likeness (QED) is 0.386. The van der Waals surface area contributed by atoms with Gasteiger partial charge >= 0.3 is 0 Å². The van der Waals surface area contributed by atoms with Crippen molar-refractivity contribution >= 4 is 34.2 Å². The molecular formula is C23H28BrN5O3. The van der Waals surface area contributed by atoms with Crippen LogP contribution in [0.4, 0.5) is 5.95 Å². The highest BCUT2D eigenvalue weighted by molar-refractivity contribution is 9.10. The van der Waals surface area contributed by atoms with Gasteiger partial charge < -0.3 is 9.64 Å². The molecule has 2 amide bonds. The van der Waals surface area contributed by atoms with Crippen molar-refractivity contribution in [3.8, 4) is 0 Å². The van der Waals surface area contributed by atoms with Crippen LogP contribution in [0.25, 0.3) is 0 Å². The molecule has 32 heavy (non-hydrogen) atoms. The third-order valence-electron chi connectivity index (χ3n) is 5.69. The minimum Gasteiger partial charge on any atom is -0.500 e. The van der Waals surface area contributed by atoms with Crippen LogP contribution >= 0.6 is 15.9 Å². The number of imide groups is 1. The summed E-state index contributed by atoms with van der Waals surface area (Å²) in [6, 6.07) is 7.16. The average Bonchev–Trinajstić information content (AvgIpc) is 2.82. The second-order valence-corrected chi connectivity index (χ2v) is 8.53. The summed E-state index contributed by atoms with van der Waals surface area (Å²) in [4.78, 5) is 38.9. The molecule has 1 aliphatic heterocycles. The third-order valence-corrected chi connectivity index (χ3v) is 6.09. The summed E-state index contributed by atoms with van der Waals surface area (Å²) in [7, 11) is 1.59. The topological polar surface area (TPSA) is 78.9 Å². The fourth-order valence-electron chi connectivity index (χ4n) is 3.82. The second-order valence-electron chi connectivity index (χ2n) is 7.62. The molecule has 0 bridgehead atoms. The van der Waals surface area contributed by atoms with Crippen LogP contribution in [0.5, 0.6) is 0 Å². The number of nitrogens with zero attached hydrogens (tertiary/aromatic N) is 5. The number of anilines is 1. The average molecular weight is 502 g/mol. The van der Waals surface area contributed by atoms with E-state index in [0.717, 1.165) is 36.2 Å². The molecule has 1 atom stereocenters. The first-order valence-corrected chi connectivity index (χ1v) is 11.2. The Bertz CT molecular complexity index is 945. The van der Waals surface area contributed by atoms with Gasteiger partial charge in [0.05, 0.1) is 17.6 Å². The number of halogens is 1. The smallest absolute Gasteiger partial charge is 0.260 e. The molecule has 9 heteroatoms. The van der Waals surface area contributed by atoms with Crippen LogP contribution in [0.2, 0.25) is 0 Å². The van der Waals surface area contributed by atoms with Crippen molar-refractivity contribution in [3.63, 3.8) is 0 Å². The Hall–Kier alpha value is -2.78. The first kappa shape index (κ1) is 23.9. The maximum atomic E-state index is 12.9. The van der Waals surface area contributed by atoms with Gasteiger partial charge in [-0.2, -0.15) is 0 Å². The lowest BCUT2D eigenvalue weighted by molar-refractivity contribution is -0.116. The minimum atomic E-state index is -0.294. The highest BCUT2D eigenvalue weighted by Gasteiger charge is 2.28. The molecule has 0 N–H and O–H groups in total. The largest absolute Gasteiger partial charge is 0.500 e. The molecule has 1 aromatic heterocycles. The molecule has 2 aromatic rings. The van der Waals surface area contributed by atoms with Crippen LogP contribution in [0.15, 0.2) is 53.5 Å². The van der Waals surface area contributed by atoms with Crippen molar-refractivity contribution in [2.75, 3.05) is 44.7 Å². The zero-order valence-electron chi connectivity index (χ0n) is 18.4. The van der Waals surface area contributed by atoms with Gasteiger partial charge in [0.25, 0.3) is 5.91 Å². The van der Waals surface area contributed by atoms with Gasteiger partial charge in [-0.1, -0.05) is 24.8 Å². The van der Waals surface area contributed by atoms with Crippen LogP contribution in [-0.4, -0.2) is 78.0 Å². The molecule has 2 heterocycles. The Morgan fingerprint density at radius 2 is 1.91 bits per heavy atom. The van der Waals surface area contributed by atoms with Crippen LogP contribution < -0.4 is 4.90 Å². The number of benzene rings is 1. The lowest BCUT2D eigenvalue weighted by Crippen LogP contribution is -2.52. The van der Waals surface area contributed by atoms with E-state index >= 15 is 0 Å². The summed E-state index contributed by atoms with van der Waals surface area (Å²) in [6.45, 7) is 9.24. The molecule has 1 saturated heterocycles. The molecule has 170 valence electrons. The van der Waals surface area contributed by atoms with Crippen molar-refractivity contribution in [3.05, 3.63) is 64.6 Å². The van der Waals surface area contributed by atoms with Crippen LogP contribution in [0.3, 0.4) is 0 Å². The summed E-state index contributed by atoms with van der Waals surface area (Å²) in [6.07, 6.45) is 4.62. The van der Waals surface area contributed by atoms with E-state index in [1.54, 1.807) is 31.6 Å². The fraction of sp³-hybridized carbons (Fsp3) is 0.391. The summed E-state index contributed by atoms with van der Waals surface area (Å²) in [5, 5.41) is 0. The van der Waals surface area contributed by atoms with E-state index in [1.807, 2.05) is 19.1 Å². The number of aromatic nitrogens is 2. The van der Waals surface area contributed by atoms with Crippen molar-refractivity contribution in [1.82, 2.24) is 19.8 Å². The van der Waals surface area contributed by atoms with Crippen LogP contribution in [0.1, 0.15) is 22.3 Å². The minimum absolute atomic E-state index is 0.111. The molecule has 0 aliphatic carbocycles. The van der Waals surface area contributed by atoms with Crippen LogP contribution in [-0.2, 0) is 9.53 Å². The number of piperazine rings is 1. The number of hydrogen-bond donors (Lipinski definition) is 0. The van der Waals surface area contributed by atoms with E-state index in [9.17, 15) is 9.59 Å². The van der Waals surface area contributed by atoms with Crippen LogP contribution in [0, 0.1) is 6.92 Å². The van der Waals surface area contributed by atoms with E-state index < -0.39 is 0 Å². The number of aryl methyl sites for hydroxylation is 1. The predicted octanol–water partition coefficient (Wildman–Crippen LogP) is 2.89. The summed E-state index contributed by atoms with van der Waals surface area (Å²) in [5.41, 5.74) is 1.37. The van der Waals surface area contributed by atoms with Gasteiger partial charge in [0, 0.05) is 50.7 Å². The molecule has 1 unspecified atom stereocenters. The molecule has 0 radical (unpaired) electrons. The highest BCUT2D eigenvalue weighted by Crippen LogP contribution is 2.20. The van der Waals surface area contributed by atoms with Gasteiger partial charge in [-0.15, -0.1) is 0 Å². The highest BCUT2D eigenvalue weighted by atomic mass is 79.9. The first-order valence-electron chi connectivity index (χ1n) is 10.5. The Kier molecular flexibility index (Phi) is 8.35. The van der Waals surface area contributed by atoms with Gasteiger partial charge in [-0.05, 0) is 40.9 Å². The Balaban J connectivity index is 1.63. The van der Waals surface area contributed by atoms with Gasteiger partial charge in [-0.25, -0.2) is 9.97 Å². The maximum absolute atomic E-state index is 12.9. The summed E-state index contributed by atoms with van der Waals surface area (Å²) in [5.74, 6) is 1.02. The number of amides is 2. The lowest BCUT2D eigenvalue weighted by atomic mass is 10.1. The van der Waals surface area contributed by atoms with Crippen molar-refractivity contribution < 1.29 is 14.3 Å². The molecule has 0 saturated carbocycles. The van der Waals surface area contributed by atoms with E-state index in [1.165, 1.54) is 4.90 Å². The van der Waals surface area contributed by atoms with Gasteiger partial charge in [-0.3, -0.25) is 19.4 Å². The van der Waals surface area contributed by atoms with E-state index in [2.05, 4.69) is 42.3 Å². The Labute approximate surface area is 197 Å². The monoisotopic (exact) mass is 501 g/mol. The fourth-order valence-corrected chi connectivity index (χ4v) is 4.02. The summed E-state index contributed by atoms with van der Waals surface area (Å²) < 4.78 is 6.29. The maximum Gasteiger partial charge on any atom is 0.260 e. The molecule has 0 spiro atoms. The number of rotatable bonds is 9. The standard InChI is InChI=1S/C23H28BrN5O3/c1-17-6-4-5-7-20(17)22(31)29(16-30)9-8-21(18(2)32-3)27-10-12-28(13-11-27)23-25-14-19(24)15-26-23/h4-7,14-16,21H,2,8-13H2,1,3H3. The number of hydrogen-bond acceptors (Lipinski definition) is 7. The van der Waals surface area contributed by atoms with Gasteiger partial charge in [0.15, 0.2) is 0 Å². The number of methoxy groups -OCH3 is 1. The molecule has 3 rings (SSSR count). The SMILES string of the molecule is C=C(OC)C(CCN(C=O)C(=O)c1ccccc1C)N1CCN(c2ncc(Br)cn2)CC1. The van der Waals surface area contributed by atoms with Crippen molar-refractivity contribution in [2.45, 2.75) is 19.4 Å². The van der Waals surface area contributed by atoms with E-state index in [-0.39, 0.29) is 18.5 Å². The first-order chi connectivity index (χ1) is 15.4. The van der Waals surface area contributed by atoms with E-state index in [0.29, 0.717) is 30.1 Å². The normalized spacial score (nSPS) is 15.2. The number of carbonyl (C=O) groups is 2. The Morgan fingerprint density at radius 3 is 2.50 bits per heavy atom. The molecule has 1 aliphatic rings. The third kappa shape index (κ3) is 5.72. The molecule has 8 nitrogen and oxygen atoms in total. The van der Waals surface area contributed by atoms with Crippen molar-refractivity contribution in [1.29, 1.82) is 0 Å². The zero-order valence-corrected chi connectivity index (χ0v) is 20.0.